The Bertz CT molecular complexity index is 815. The Morgan fingerprint density at radius 2 is 1.60 bits per heavy atom. The number of hydrogen-bond acceptors (Lipinski definition) is 5. The van der Waals surface area contributed by atoms with Crippen molar-refractivity contribution in [3.05, 3.63) is 48.5 Å². The summed E-state index contributed by atoms with van der Waals surface area (Å²) in [5.41, 5.74) is 2.25. The fourth-order valence-electron chi connectivity index (χ4n) is 3.11. The first kappa shape index (κ1) is 21.6. The van der Waals surface area contributed by atoms with Crippen molar-refractivity contribution >= 4 is 28.9 Å². The molecule has 2 aromatic rings. The molecule has 3 rings (SSSR count). The van der Waals surface area contributed by atoms with Crippen LogP contribution in [0.2, 0.25) is 0 Å². The van der Waals surface area contributed by atoms with Gasteiger partial charge in [0.1, 0.15) is 12.4 Å². The van der Waals surface area contributed by atoms with Crippen molar-refractivity contribution in [3.63, 3.8) is 0 Å². The van der Waals surface area contributed by atoms with Gasteiger partial charge in [0.05, 0.1) is 12.6 Å². The predicted octanol–water partition coefficient (Wildman–Crippen LogP) is 4.03. The number of benzene rings is 2. The molecule has 0 aromatic heterocycles. The number of amides is 2. The van der Waals surface area contributed by atoms with Crippen LogP contribution in [0.1, 0.15) is 32.6 Å². The lowest BCUT2D eigenvalue weighted by Crippen LogP contribution is -2.21. The van der Waals surface area contributed by atoms with E-state index >= 15 is 0 Å². The number of rotatable bonds is 10. The van der Waals surface area contributed by atoms with Crippen LogP contribution in [0.4, 0.5) is 17.1 Å². The summed E-state index contributed by atoms with van der Waals surface area (Å²) < 4.78 is 11.3. The van der Waals surface area contributed by atoms with Gasteiger partial charge >= 0.3 is 0 Å². The third-order valence-corrected chi connectivity index (χ3v) is 4.70. The maximum Gasteiger partial charge on any atom is 0.243 e. The molecule has 1 fully saturated rings. The lowest BCUT2D eigenvalue weighted by atomic mass is 10.2. The minimum Gasteiger partial charge on any atom is -0.491 e. The van der Waals surface area contributed by atoms with Crippen molar-refractivity contribution in [2.75, 3.05) is 35.7 Å². The standard InChI is InChI=1S/C23H29N3O4/c1-2-4-22(27)25-18-8-6-17(7-9-18)24-15-23(28)26-19-10-12-20(13-11-19)30-16-21-5-3-14-29-21/h6-13,21,24H,2-5,14-16H2,1H3,(H,25,27)(H,26,28). The number of carbonyl (C=O) groups is 2. The Kier molecular flexibility index (Phi) is 8.09. The van der Waals surface area contributed by atoms with Crippen molar-refractivity contribution in [3.8, 4) is 5.75 Å². The molecule has 0 spiro atoms. The maximum atomic E-state index is 12.2. The van der Waals surface area contributed by atoms with E-state index in [0.29, 0.717) is 18.7 Å². The Labute approximate surface area is 177 Å². The minimum absolute atomic E-state index is 0.000810. The summed E-state index contributed by atoms with van der Waals surface area (Å²) >= 11 is 0. The molecular weight excluding hydrogens is 382 g/mol. The normalized spacial score (nSPS) is 15.4. The molecule has 1 aliphatic heterocycles. The van der Waals surface area contributed by atoms with Crippen molar-refractivity contribution in [1.29, 1.82) is 0 Å². The molecule has 160 valence electrons. The zero-order valence-electron chi connectivity index (χ0n) is 17.3. The monoisotopic (exact) mass is 411 g/mol. The third kappa shape index (κ3) is 7.08. The highest BCUT2D eigenvalue weighted by Crippen LogP contribution is 2.19. The second-order valence-electron chi connectivity index (χ2n) is 7.25. The molecule has 2 aromatic carbocycles. The van der Waals surface area contributed by atoms with Gasteiger partial charge in [-0.3, -0.25) is 9.59 Å². The first-order valence-corrected chi connectivity index (χ1v) is 10.4. The van der Waals surface area contributed by atoms with E-state index in [2.05, 4.69) is 16.0 Å². The fraction of sp³-hybridized carbons (Fsp3) is 0.391. The van der Waals surface area contributed by atoms with Crippen LogP contribution < -0.4 is 20.7 Å². The molecule has 3 N–H and O–H groups in total. The summed E-state index contributed by atoms with van der Waals surface area (Å²) in [4.78, 5) is 23.8. The van der Waals surface area contributed by atoms with E-state index in [0.717, 1.165) is 43.0 Å². The molecule has 0 saturated carbocycles. The SMILES string of the molecule is CCCC(=O)Nc1ccc(NCC(=O)Nc2ccc(OCC3CCCO3)cc2)cc1. The summed E-state index contributed by atoms with van der Waals surface area (Å²) in [5, 5.41) is 8.75. The van der Waals surface area contributed by atoms with Crippen molar-refractivity contribution in [1.82, 2.24) is 0 Å². The van der Waals surface area contributed by atoms with Crippen LogP contribution >= 0.6 is 0 Å². The van der Waals surface area contributed by atoms with Crippen molar-refractivity contribution in [2.45, 2.75) is 38.7 Å². The summed E-state index contributed by atoms with van der Waals surface area (Å²) in [5.74, 6) is 0.608. The smallest absolute Gasteiger partial charge is 0.243 e. The van der Waals surface area contributed by atoms with Gasteiger partial charge in [-0.25, -0.2) is 0 Å². The van der Waals surface area contributed by atoms with Crippen LogP contribution in [-0.2, 0) is 14.3 Å². The number of nitrogens with one attached hydrogen (secondary N) is 3. The van der Waals surface area contributed by atoms with Gasteiger partial charge in [0.25, 0.3) is 0 Å². The lowest BCUT2D eigenvalue weighted by Gasteiger charge is -2.12. The van der Waals surface area contributed by atoms with E-state index in [4.69, 9.17) is 9.47 Å². The third-order valence-electron chi connectivity index (χ3n) is 4.70. The van der Waals surface area contributed by atoms with E-state index in [1.165, 1.54) is 0 Å². The van der Waals surface area contributed by atoms with Gasteiger partial charge in [-0.05, 0) is 67.8 Å². The topological polar surface area (TPSA) is 88.7 Å². The van der Waals surface area contributed by atoms with Crippen LogP contribution in [0.5, 0.6) is 5.75 Å². The number of hydrogen-bond donors (Lipinski definition) is 3. The molecule has 7 heteroatoms. The van der Waals surface area contributed by atoms with Crippen LogP contribution in [0, 0.1) is 0 Å². The van der Waals surface area contributed by atoms with Gasteiger partial charge in [0.2, 0.25) is 11.8 Å². The molecule has 1 unspecified atom stereocenters. The molecular formula is C23H29N3O4. The van der Waals surface area contributed by atoms with Crippen LogP contribution in [0.15, 0.2) is 48.5 Å². The zero-order chi connectivity index (χ0) is 21.2. The average molecular weight is 412 g/mol. The predicted molar refractivity (Wildman–Crippen MR) is 118 cm³/mol. The Balaban J connectivity index is 1.39. The van der Waals surface area contributed by atoms with E-state index in [1.54, 1.807) is 0 Å². The largest absolute Gasteiger partial charge is 0.491 e. The summed E-state index contributed by atoms with van der Waals surface area (Å²) in [7, 11) is 0. The second-order valence-corrected chi connectivity index (χ2v) is 7.25. The summed E-state index contributed by atoms with van der Waals surface area (Å²) in [6.07, 6.45) is 3.62. The average Bonchev–Trinajstić information content (AvgIpc) is 3.27. The van der Waals surface area contributed by atoms with Crippen molar-refractivity contribution < 1.29 is 19.1 Å². The van der Waals surface area contributed by atoms with Crippen LogP contribution in [0.3, 0.4) is 0 Å². The highest BCUT2D eigenvalue weighted by atomic mass is 16.5. The minimum atomic E-state index is -0.150. The quantitative estimate of drug-likeness (QED) is 0.549. The summed E-state index contributed by atoms with van der Waals surface area (Å²) in [6, 6.07) is 14.6. The number of ether oxygens (including phenoxy) is 2. The molecule has 1 aliphatic rings. The van der Waals surface area contributed by atoms with Gasteiger partial charge in [-0.15, -0.1) is 0 Å². The van der Waals surface area contributed by atoms with Gasteiger partial charge in [-0.2, -0.15) is 0 Å². The molecule has 30 heavy (non-hydrogen) atoms. The second kappa shape index (κ2) is 11.2. The first-order chi connectivity index (χ1) is 14.6. The number of anilines is 3. The van der Waals surface area contributed by atoms with Gasteiger partial charge in [0, 0.05) is 30.1 Å². The fourth-order valence-corrected chi connectivity index (χ4v) is 3.11. The van der Waals surface area contributed by atoms with E-state index in [9.17, 15) is 9.59 Å². The molecule has 1 heterocycles. The van der Waals surface area contributed by atoms with E-state index in [1.807, 2.05) is 55.5 Å². The molecule has 0 aliphatic carbocycles. The molecule has 1 saturated heterocycles. The highest BCUT2D eigenvalue weighted by molar-refractivity contribution is 5.94. The van der Waals surface area contributed by atoms with Crippen LogP contribution in [0.25, 0.3) is 0 Å². The molecule has 0 radical (unpaired) electrons. The maximum absolute atomic E-state index is 12.2. The lowest BCUT2D eigenvalue weighted by molar-refractivity contribution is -0.116. The zero-order valence-corrected chi connectivity index (χ0v) is 17.3. The number of carbonyl (C=O) groups excluding carboxylic acids is 2. The van der Waals surface area contributed by atoms with Crippen molar-refractivity contribution in [2.24, 2.45) is 0 Å². The van der Waals surface area contributed by atoms with E-state index < -0.39 is 0 Å². The van der Waals surface area contributed by atoms with Gasteiger partial charge < -0.3 is 25.4 Å². The molecule has 7 nitrogen and oxygen atoms in total. The van der Waals surface area contributed by atoms with Gasteiger partial charge in [-0.1, -0.05) is 6.92 Å². The molecule has 0 bridgehead atoms. The van der Waals surface area contributed by atoms with Gasteiger partial charge in [0.15, 0.2) is 0 Å². The first-order valence-electron chi connectivity index (χ1n) is 10.4. The Hall–Kier alpha value is -3.06. The van der Waals surface area contributed by atoms with Crippen LogP contribution in [-0.4, -0.2) is 37.7 Å². The molecule has 1 atom stereocenters. The van der Waals surface area contributed by atoms with E-state index in [-0.39, 0.29) is 24.5 Å². The summed E-state index contributed by atoms with van der Waals surface area (Å²) in [6.45, 7) is 3.47. The highest BCUT2D eigenvalue weighted by Gasteiger charge is 2.15. The Morgan fingerprint density at radius 3 is 2.23 bits per heavy atom. The molecule has 2 amide bonds. The Morgan fingerprint density at radius 1 is 0.967 bits per heavy atom.